The van der Waals surface area contributed by atoms with Gasteiger partial charge in [0.1, 0.15) is 0 Å². The molecule has 2 N–H and O–H groups in total. The molecule has 0 spiro atoms. The quantitative estimate of drug-likeness (QED) is 0.755. The van der Waals surface area contributed by atoms with E-state index in [9.17, 15) is 0 Å². The Bertz CT molecular complexity index is 570. The second-order valence-corrected chi connectivity index (χ2v) is 8.23. The lowest BCUT2D eigenvalue weighted by Gasteiger charge is -2.29. The van der Waals surface area contributed by atoms with Gasteiger partial charge in [-0.15, -0.1) is 11.3 Å². The summed E-state index contributed by atoms with van der Waals surface area (Å²) >= 11 is 8.83. The SMILES string of the molecule is Cc1cc(C)cc(N(C)C(CN)c2cc(Br)c(Br)s2)c1. The first-order chi connectivity index (χ1) is 9.42. The third-order valence-electron chi connectivity index (χ3n) is 3.30. The summed E-state index contributed by atoms with van der Waals surface area (Å²) in [7, 11) is 2.10. The molecule has 5 heteroatoms. The van der Waals surface area contributed by atoms with Gasteiger partial charge in [-0.25, -0.2) is 0 Å². The lowest BCUT2D eigenvalue weighted by molar-refractivity contribution is 0.692. The van der Waals surface area contributed by atoms with Crippen LogP contribution in [0.3, 0.4) is 0 Å². The predicted octanol–water partition coefficient (Wildman–Crippen LogP) is 5.03. The van der Waals surface area contributed by atoms with Gasteiger partial charge in [-0.1, -0.05) is 6.07 Å². The Hall–Kier alpha value is -0.360. The van der Waals surface area contributed by atoms with Crippen LogP contribution in [0.1, 0.15) is 22.0 Å². The number of aryl methyl sites for hydroxylation is 2. The molecule has 0 saturated heterocycles. The number of nitrogens with two attached hydrogens (primary N) is 1. The lowest BCUT2D eigenvalue weighted by atomic mass is 10.1. The number of rotatable bonds is 4. The molecule has 108 valence electrons. The van der Waals surface area contributed by atoms with Gasteiger partial charge in [0.2, 0.25) is 0 Å². The van der Waals surface area contributed by atoms with Gasteiger partial charge >= 0.3 is 0 Å². The van der Waals surface area contributed by atoms with Crippen molar-refractivity contribution in [2.75, 3.05) is 18.5 Å². The molecule has 0 aliphatic carbocycles. The maximum absolute atomic E-state index is 6.01. The van der Waals surface area contributed by atoms with Crippen LogP contribution in [-0.2, 0) is 0 Å². The molecule has 20 heavy (non-hydrogen) atoms. The summed E-state index contributed by atoms with van der Waals surface area (Å²) in [4.78, 5) is 3.51. The van der Waals surface area contributed by atoms with Crippen molar-refractivity contribution in [1.29, 1.82) is 0 Å². The summed E-state index contributed by atoms with van der Waals surface area (Å²) in [5.41, 5.74) is 9.77. The fourth-order valence-electron chi connectivity index (χ4n) is 2.33. The predicted molar refractivity (Wildman–Crippen MR) is 95.8 cm³/mol. The first kappa shape index (κ1) is 16.0. The lowest BCUT2D eigenvalue weighted by Crippen LogP contribution is -2.29. The third-order valence-corrected chi connectivity index (χ3v) is 6.65. The number of halogens is 2. The Balaban J connectivity index is 2.35. The number of likely N-dealkylation sites (N-methyl/N-ethyl adjacent to an activating group) is 1. The molecule has 0 radical (unpaired) electrons. The summed E-state index contributed by atoms with van der Waals surface area (Å²) < 4.78 is 2.20. The summed E-state index contributed by atoms with van der Waals surface area (Å²) in [6, 6.07) is 8.92. The monoisotopic (exact) mass is 416 g/mol. The van der Waals surface area contributed by atoms with Crippen molar-refractivity contribution < 1.29 is 0 Å². The van der Waals surface area contributed by atoms with E-state index in [0.717, 1.165) is 8.26 Å². The van der Waals surface area contributed by atoms with E-state index in [1.165, 1.54) is 21.7 Å². The van der Waals surface area contributed by atoms with E-state index in [0.29, 0.717) is 6.54 Å². The Morgan fingerprint density at radius 3 is 2.20 bits per heavy atom. The number of nitrogens with zero attached hydrogens (tertiary/aromatic N) is 1. The van der Waals surface area contributed by atoms with Crippen molar-refractivity contribution in [3.05, 3.63) is 48.5 Å². The molecule has 1 aromatic heterocycles. The molecular weight excluding hydrogens is 400 g/mol. The zero-order valence-electron chi connectivity index (χ0n) is 11.8. The second-order valence-electron chi connectivity index (χ2n) is 4.98. The summed E-state index contributed by atoms with van der Waals surface area (Å²) in [5.74, 6) is 0. The van der Waals surface area contributed by atoms with Crippen LogP contribution in [0.5, 0.6) is 0 Å². The highest BCUT2D eigenvalue weighted by Crippen LogP contribution is 2.38. The van der Waals surface area contributed by atoms with Crippen LogP contribution < -0.4 is 10.6 Å². The Morgan fingerprint density at radius 2 is 1.75 bits per heavy atom. The molecule has 1 atom stereocenters. The van der Waals surface area contributed by atoms with Crippen molar-refractivity contribution >= 4 is 48.9 Å². The van der Waals surface area contributed by atoms with Crippen LogP contribution in [0.15, 0.2) is 32.5 Å². The van der Waals surface area contributed by atoms with Gasteiger partial charge in [0.25, 0.3) is 0 Å². The van der Waals surface area contributed by atoms with Crippen LogP contribution in [0.4, 0.5) is 5.69 Å². The van der Waals surface area contributed by atoms with Crippen LogP contribution in [0.25, 0.3) is 0 Å². The van der Waals surface area contributed by atoms with Crippen molar-refractivity contribution in [2.45, 2.75) is 19.9 Å². The third kappa shape index (κ3) is 3.45. The zero-order valence-corrected chi connectivity index (χ0v) is 15.8. The summed E-state index contributed by atoms with van der Waals surface area (Å²) in [6.07, 6.45) is 0. The number of anilines is 1. The van der Waals surface area contributed by atoms with Gasteiger partial charge in [-0.3, -0.25) is 0 Å². The maximum Gasteiger partial charge on any atom is 0.0844 e. The highest BCUT2D eigenvalue weighted by atomic mass is 79.9. The van der Waals surface area contributed by atoms with Crippen molar-refractivity contribution in [2.24, 2.45) is 5.73 Å². The zero-order chi connectivity index (χ0) is 14.9. The van der Waals surface area contributed by atoms with Crippen molar-refractivity contribution in [3.63, 3.8) is 0 Å². The fraction of sp³-hybridized carbons (Fsp3) is 0.333. The number of benzene rings is 1. The Kier molecular flexibility index (Phi) is 5.29. The average Bonchev–Trinajstić information content (AvgIpc) is 2.69. The summed E-state index contributed by atoms with van der Waals surface area (Å²) in [6.45, 7) is 4.84. The Morgan fingerprint density at radius 1 is 1.15 bits per heavy atom. The van der Waals surface area contributed by atoms with Crippen LogP contribution in [0, 0.1) is 13.8 Å². The van der Waals surface area contributed by atoms with E-state index in [2.05, 4.69) is 81.9 Å². The van der Waals surface area contributed by atoms with E-state index in [1.54, 1.807) is 11.3 Å². The molecule has 0 bridgehead atoms. The molecule has 0 aliphatic rings. The number of thiophene rings is 1. The number of hydrogen-bond acceptors (Lipinski definition) is 3. The van der Waals surface area contributed by atoms with Crippen LogP contribution >= 0.6 is 43.2 Å². The minimum absolute atomic E-state index is 0.184. The first-order valence-corrected chi connectivity index (χ1v) is 8.78. The van der Waals surface area contributed by atoms with Gasteiger partial charge in [0.15, 0.2) is 0 Å². The fourth-order valence-corrected chi connectivity index (χ4v) is 4.57. The van der Waals surface area contributed by atoms with Crippen LogP contribution in [-0.4, -0.2) is 13.6 Å². The van der Waals surface area contributed by atoms with E-state index in [4.69, 9.17) is 5.73 Å². The minimum Gasteiger partial charge on any atom is -0.365 e. The standard InChI is InChI=1S/C15H18Br2N2S/c1-9-4-10(2)6-11(5-9)19(3)13(8-18)14-7-12(16)15(17)20-14/h4-7,13H,8,18H2,1-3H3. The Labute approximate surface area is 141 Å². The smallest absolute Gasteiger partial charge is 0.0844 e. The van der Waals surface area contributed by atoms with Gasteiger partial charge in [0.05, 0.1) is 9.83 Å². The minimum atomic E-state index is 0.184. The molecular formula is C15H18Br2N2S. The topological polar surface area (TPSA) is 29.3 Å². The van der Waals surface area contributed by atoms with Crippen LogP contribution in [0.2, 0.25) is 0 Å². The van der Waals surface area contributed by atoms with Gasteiger partial charge in [-0.2, -0.15) is 0 Å². The molecule has 2 rings (SSSR count). The first-order valence-electron chi connectivity index (χ1n) is 6.38. The molecule has 1 heterocycles. The largest absolute Gasteiger partial charge is 0.365 e. The highest BCUT2D eigenvalue weighted by molar-refractivity contribution is 9.13. The van der Waals surface area contributed by atoms with E-state index < -0.39 is 0 Å². The van der Waals surface area contributed by atoms with Crippen molar-refractivity contribution in [3.8, 4) is 0 Å². The van der Waals surface area contributed by atoms with E-state index in [1.807, 2.05) is 0 Å². The molecule has 0 fully saturated rings. The van der Waals surface area contributed by atoms with E-state index >= 15 is 0 Å². The number of hydrogen-bond donors (Lipinski definition) is 1. The molecule has 2 nitrogen and oxygen atoms in total. The molecule has 1 unspecified atom stereocenters. The van der Waals surface area contributed by atoms with E-state index in [-0.39, 0.29) is 6.04 Å². The average molecular weight is 418 g/mol. The molecule has 0 aliphatic heterocycles. The van der Waals surface area contributed by atoms with Gasteiger partial charge < -0.3 is 10.6 Å². The molecule has 2 aromatic rings. The molecule has 0 saturated carbocycles. The molecule has 0 amide bonds. The summed E-state index contributed by atoms with van der Waals surface area (Å²) in [5, 5.41) is 0. The second kappa shape index (κ2) is 6.60. The normalized spacial score (nSPS) is 12.5. The van der Waals surface area contributed by atoms with Gasteiger partial charge in [-0.05, 0) is 75.0 Å². The highest BCUT2D eigenvalue weighted by Gasteiger charge is 2.19. The van der Waals surface area contributed by atoms with Crippen molar-refractivity contribution in [1.82, 2.24) is 0 Å². The maximum atomic E-state index is 6.01. The molecule has 1 aromatic carbocycles. The van der Waals surface area contributed by atoms with Gasteiger partial charge in [0, 0.05) is 28.6 Å².